The van der Waals surface area contributed by atoms with Crippen LogP contribution in [0, 0.1) is 19.6 Å². The molecule has 0 atom stereocenters. The van der Waals surface area contributed by atoms with E-state index in [1.165, 1.54) is 5.56 Å². The fourth-order valence-electron chi connectivity index (χ4n) is 0.714. The first-order chi connectivity index (χ1) is 4.34. The fraction of sp³-hybridized carbons (Fsp3) is 0.111. The van der Waals surface area contributed by atoms with Crippen LogP contribution in [0.15, 0.2) is 18.2 Å². The number of aryl methyl sites for hydroxylation is 1. The average molecular weight is 300 g/mol. The molecule has 0 aliphatic heterocycles. The zero-order valence-corrected chi connectivity index (χ0v) is 8.73. The van der Waals surface area contributed by atoms with Crippen LogP contribution in [0.3, 0.4) is 0 Å². The van der Waals surface area contributed by atoms with Crippen LogP contribution < -0.4 is 0 Å². The fourth-order valence-corrected chi connectivity index (χ4v) is 0.714. The minimum absolute atomic E-state index is 0. The summed E-state index contributed by atoms with van der Waals surface area (Å²) in [5, 5.41) is 0. The zero-order valence-electron chi connectivity index (χ0n) is 5.79. The Kier molecular flexibility index (Phi) is 4.30. The van der Waals surface area contributed by atoms with Gasteiger partial charge in [-0.05, 0) is 0 Å². The molecule has 1 rings (SSSR count). The molecule has 0 heterocycles. The van der Waals surface area contributed by atoms with Gasteiger partial charge in [0.25, 0.3) is 0 Å². The second-order valence-electron chi connectivity index (χ2n) is 1.93. The van der Waals surface area contributed by atoms with Gasteiger partial charge >= 0.3 is 21.1 Å². The molecule has 0 N–H and O–H groups in total. The molecule has 0 saturated carbocycles. The molecule has 0 aliphatic rings. The van der Waals surface area contributed by atoms with Crippen LogP contribution in [-0.2, 0) is 21.1 Å². The summed E-state index contributed by atoms with van der Waals surface area (Å²) in [5.74, 6) is 0. The van der Waals surface area contributed by atoms with Crippen molar-refractivity contribution in [3.63, 3.8) is 0 Å². The molecule has 0 aromatic heterocycles. The van der Waals surface area contributed by atoms with E-state index in [0.717, 1.165) is 5.56 Å². The molecule has 0 unspecified atom stereocenters. The summed E-state index contributed by atoms with van der Waals surface area (Å²) in [6, 6.07) is 8.81. The Morgan fingerprint density at radius 3 is 2.70 bits per heavy atom. The topological polar surface area (TPSA) is 0 Å². The van der Waals surface area contributed by atoms with E-state index in [1.54, 1.807) is 6.08 Å². The maximum atomic E-state index is 5.29. The first-order valence-electron chi connectivity index (χ1n) is 2.87. The van der Waals surface area contributed by atoms with E-state index >= 15 is 0 Å². The van der Waals surface area contributed by atoms with Gasteiger partial charge in [0.15, 0.2) is 0 Å². The van der Waals surface area contributed by atoms with E-state index in [2.05, 4.69) is 6.07 Å². The Balaban J connectivity index is 0.000000810. The van der Waals surface area contributed by atoms with Crippen molar-refractivity contribution < 1.29 is 21.1 Å². The molecule has 0 saturated heterocycles. The monoisotopic (exact) mass is 300 g/mol. The van der Waals surface area contributed by atoms with Crippen molar-refractivity contribution in [2.45, 2.75) is 6.92 Å². The standard InChI is InChI=1S/C9H8.W/c1-3-9-7-5-4-6-8(9)2;/h1,3-6H,2H3;/q-2;+2. The van der Waals surface area contributed by atoms with Gasteiger partial charge in [-0.1, -0.05) is 6.92 Å². The summed E-state index contributed by atoms with van der Waals surface area (Å²) < 4.78 is 0. The van der Waals surface area contributed by atoms with Gasteiger partial charge in [-0.25, -0.2) is 11.6 Å². The van der Waals surface area contributed by atoms with Gasteiger partial charge in [0.05, 0.1) is 0 Å². The Labute approximate surface area is 76.2 Å². The minimum Gasteiger partial charge on any atom is -0.344 e. The molecule has 10 heavy (non-hydrogen) atoms. The van der Waals surface area contributed by atoms with Crippen LogP contribution in [0.2, 0.25) is 0 Å². The van der Waals surface area contributed by atoms with E-state index in [0.29, 0.717) is 0 Å². The largest absolute Gasteiger partial charge is 2.00 e. The van der Waals surface area contributed by atoms with Crippen molar-refractivity contribution in [2.75, 3.05) is 0 Å². The van der Waals surface area contributed by atoms with Crippen LogP contribution in [0.1, 0.15) is 11.1 Å². The van der Waals surface area contributed by atoms with Crippen molar-refractivity contribution in [1.82, 2.24) is 0 Å². The normalized spacial score (nSPS) is 8.10. The van der Waals surface area contributed by atoms with Gasteiger partial charge < -0.3 is 18.2 Å². The third-order valence-electron chi connectivity index (χ3n) is 1.27. The molecule has 50 valence electrons. The van der Waals surface area contributed by atoms with E-state index < -0.39 is 0 Å². The molecule has 0 amide bonds. The molecule has 0 spiro atoms. The number of rotatable bonds is 1. The minimum atomic E-state index is 0. The van der Waals surface area contributed by atoms with Crippen LogP contribution in [-0.4, -0.2) is 0 Å². The van der Waals surface area contributed by atoms with Crippen LogP contribution >= 0.6 is 0 Å². The molecule has 0 aliphatic carbocycles. The number of benzene rings is 1. The van der Waals surface area contributed by atoms with Gasteiger partial charge in [-0.3, -0.25) is 0 Å². The van der Waals surface area contributed by atoms with E-state index in [-0.39, 0.29) is 21.1 Å². The molecule has 1 aromatic carbocycles. The summed E-state index contributed by atoms with van der Waals surface area (Å²) in [7, 11) is 0. The first kappa shape index (κ1) is 9.65. The van der Waals surface area contributed by atoms with Crippen molar-refractivity contribution in [2.24, 2.45) is 0 Å². The molecule has 0 bridgehead atoms. The smallest absolute Gasteiger partial charge is 0.344 e. The second kappa shape index (κ2) is 4.46. The van der Waals surface area contributed by atoms with Gasteiger partial charge in [-0.15, -0.1) is 6.07 Å². The summed E-state index contributed by atoms with van der Waals surface area (Å²) in [6.45, 7) is 7.30. The number of hydrogen-bond donors (Lipinski definition) is 0. The van der Waals surface area contributed by atoms with Gasteiger partial charge in [0.1, 0.15) is 0 Å². The molecular weight excluding hydrogens is 292 g/mol. The third kappa shape index (κ3) is 2.11. The summed E-state index contributed by atoms with van der Waals surface area (Å²) in [5.41, 5.74) is 2.15. The predicted molar refractivity (Wildman–Crippen MR) is 38.8 cm³/mol. The van der Waals surface area contributed by atoms with Gasteiger partial charge in [-0.2, -0.15) is 12.1 Å². The van der Waals surface area contributed by atoms with Crippen molar-refractivity contribution in [1.29, 1.82) is 0 Å². The summed E-state index contributed by atoms with van der Waals surface area (Å²) in [4.78, 5) is 0. The van der Waals surface area contributed by atoms with Gasteiger partial charge in [0, 0.05) is 0 Å². The molecule has 1 heteroatoms. The Morgan fingerprint density at radius 1 is 1.60 bits per heavy atom. The summed E-state index contributed by atoms with van der Waals surface area (Å²) >= 11 is 0. The molecule has 0 radical (unpaired) electrons. The van der Waals surface area contributed by atoms with Crippen molar-refractivity contribution in [3.8, 4) is 0 Å². The maximum Gasteiger partial charge on any atom is 2.00 e. The Morgan fingerprint density at radius 2 is 2.30 bits per heavy atom. The molecular formula is C9H8W. The maximum absolute atomic E-state index is 5.29. The van der Waals surface area contributed by atoms with Gasteiger partial charge in [0.2, 0.25) is 0 Å². The molecule has 1 aromatic rings. The van der Waals surface area contributed by atoms with Crippen molar-refractivity contribution >= 4 is 6.08 Å². The predicted octanol–water partition coefficient (Wildman–Crippen LogP) is 2.24. The first-order valence-corrected chi connectivity index (χ1v) is 2.87. The van der Waals surface area contributed by atoms with E-state index in [1.807, 2.05) is 25.1 Å². The van der Waals surface area contributed by atoms with Crippen LogP contribution in [0.5, 0.6) is 0 Å². The molecule has 0 nitrogen and oxygen atoms in total. The van der Waals surface area contributed by atoms with Crippen LogP contribution in [0.4, 0.5) is 0 Å². The SMILES string of the molecule is [CH-]=Cc1[c-]cccc1C.[W+2]. The molecule has 0 fully saturated rings. The zero-order chi connectivity index (χ0) is 6.69. The van der Waals surface area contributed by atoms with Crippen LogP contribution in [0.25, 0.3) is 6.08 Å². The average Bonchev–Trinajstić information content (AvgIpc) is 1.89. The Hall–Kier alpha value is -0.352. The quantitative estimate of drug-likeness (QED) is 0.698. The number of hydrogen-bond acceptors (Lipinski definition) is 0. The second-order valence-corrected chi connectivity index (χ2v) is 1.93. The Bertz CT molecular complexity index is 216. The van der Waals surface area contributed by atoms with Crippen molar-refractivity contribution in [3.05, 3.63) is 42.0 Å². The summed E-state index contributed by atoms with van der Waals surface area (Å²) in [6.07, 6.45) is 1.56. The third-order valence-corrected chi connectivity index (χ3v) is 1.27. The van der Waals surface area contributed by atoms with E-state index in [9.17, 15) is 0 Å². The van der Waals surface area contributed by atoms with E-state index in [4.69, 9.17) is 6.58 Å².